The SMILES string of the molecule is Cc1ccc(-c2csc3ncnc(Sc4nnc(CC5CCS(=O)(=O)C5)n4C)c23)cc1. The fourth-order valence-corrected chi connectivity index (χ4v) is 7.61. The summed E-state index contributed by atoms with van der Waals surface area (Å²) in [6, 6.07) is 8.45. The molecule has 1 saturated heterocycles. The van der Waals surface area contributed by atoms with Gasteiger partial charge in [0.1, 0.15) is 22.0 Å². The molecule has 31 heavy (non-hydrogen) atoms. The quantitative estimate of drug-likeness (QED) is 0.407. The van der Waals surface area contributed by atoms with E-state index in [0.717, 1.165) is 37.4 Å². The largest absolute Gasteiger partial charge is 0.309 e. The number of hydrogen-bond donors (Lipinski definition) is 0. The third-order valence-electron chi connectivity index (χ3n) is 5.61. The number of aryl methyl sites for hydroxylation is 1. The molecular weight excluding hydrogens is 450 g/mol. The summed E-state index contributed by atoms with van der Waals surface area (Å²) in [5.74, 6) is 1.43. The van der Waals surface area contributed by atoms with Crippen LogP contribution in [0.3, 0.4) is 0 Å². The lowest BCUT2D eigenvalue weighted by atomic mass is 10.1. The highest BCUT2D eigenvalue weighted by atomic mass is 32.2. The van der Waals surface area contributed by atoms with Crippen LogP contribution in [0.5, 0.6) is 0 Å². The van der Waals surface area contributed by atoms with Gasteiger partial charge in [-0.3, -0.25) is 0 Å². The van der Waals surface area contributed by atoms with E-state index < -0.39 is 9.84 Å². The minimum absolute atomic E-state index is 0.113. The predicted molar refractivity (Wildman–Crippen MR) is 123 cm³/mol. The Bertz CT molecular complexity index is 1360. The minimum atomic E-state index is -2.90. The third-order valence-corrected chi connectivity index (χ3v) is 9.37. The lowest BCUT2D eigenvalue weighted by molar-refractivity contribution is 0.552. The molecule has 0 bridgehead atoms. The Morgan fingerprint density at radius 2 is 2.00 bits per heavy atom. The maximum Gasteiger partial charge on any atom is 0.197 e. The van der Waals surface area contributed by atoms with Gasteiger partial charge in [-0.1, -0.05) is 29.8 Å². The van der Waals surface area contributed by atoms with Crippen LogP contribution in [0, 0.1) is 12.8 Å². The van der Waals surface area contributed by atoms with Gasteiger partial charge in [0, 0.05) is 24.4 Å². The number of aromatic nitrogens is 5. The molecule has 5 rings (SSSR count). The Morgan fingerprint density at radius 3 is 2.74 bits per heavy atom. The Kier molecular flexibility index (Phi) is 5.31. The van der Waals surface area contributed by atoms with E-state index in [4.69, 9.17) is 0 Å². The van der Waals surface area contributed by atoms with E-state index in [-0.39, 0.29) is 17.4 Å². The van der Waals surface area contributed by atoms with Crippen molar-refractivity contribution in [3.8, 4) is 11.1 Å². The summed E-state index contributed by atoms with van der Waals surface area (Å²) in [4.78, 5) is 9.94. The molecular formula is C21H21N5O2S3. The Hall–Kier alpha value is -2.30. The number of sulfone groups is 1. The van der Waals surface area contributed by atoms with Crippen LogP contribution in [0.25, 0.3) is 21.3 Å². The van der Waals surface area contributed by atoms with Crippen LogP contribution in [-0.4, -0.2) is 44.7 Å². The van der Waals surface area contributed by atoms with Gasteiger partial charge in [0.15, 0.2) is 15.0 Å². The molecule has 1 aliphatic rings. The summed E-state index contributed by atoms with van der Waals surface area (Å²) in [7, 11) is -0.976. The van der Waals surface area contributed by atoms with Gasteiger partial charge in [0.25, 0.3) is 0 Å². The van der Waals surface area contributed by atoms with Gasteiger partial charge in [-0.15, -0.1) is 21.5 Å². The van der Waals surface area contributed by atoms with Crippen molar-refractivity contribution in [2.24, 2.45) is 13.0 Å². The molecule has 1 atom stereocenters. The van der Waals surface area contributed by atoms with Crippen LogP contribution < -0.4 is 0 Å². The molecule has 0 radical (unpaired) electrons. The van der Waals surface area contributed by atoms with Crippen molar-refractivity contribution in [1.82, 2.24) is 24.7 Å². The zero-order chi connectivity index (χ0) is 21.6. The first-order chi connectivity index (χ1) is 14.9. The minimum Gasteiger partial charge on any atom is -0.309 e. The van der Waals surface area contributed by atoms with Gasteiger partial charge in [0.05, 0.1) is 16.9 Å². The zero-order valence-corrected chi connectivity index (χ0v) is 19.6. The van der Waals surface area contributed by atoms with Crippen LogP contribution >= 0.6 is 23.1 Å². The molecule has 4 heterocycles. The van der Waals surface area contributed by atoms with Crippen molar-refractivity contribution >= 4 is 43.2 Å². The fourth-order valence-electron chi connectivity index (χ4n) is 3.86. The maximum absolute atomic E-state index is 11.8. The second-order valence-corrected chi connectivity index (χ2v) is 12.0. The molecule has 0 spiro atoms. The topological polar surface area (TPSA) is 90.6 Å². The molecule has 1 fully saturated rings. The highest BCUT2D eigenvalue weighted by Crippen LogP contribution is 2.39. The van der Waals surface area contributed by atoms with Crippen LogP contribution in [0.4, 0.5) is 0 Å². The second kappa shape index (κ2) is 7.99. The van der Waals surface area contributed by atoms with Crippen LogP contribution in [0.15, 0.2) is 46.2 Å². The van der Waals surface area contributed by atoms with E-state index in [1.807, 2.05) is 11.6 Å². The Labute approximate surface area is 188 Å². The summed E-state index contributed by atoms with van der Waals surface area (Å²) < 4.78 is 25.5. The van der Waals surface area contributed by atoms with E-state index in [9.17, 15) is 8.42 Å². The van der Waals surface area contributed by atoms with Crippen molar-refractivity contribution in [3.05, 3.63) is 47.4 Å². The number of rotatable bonds is 5. The van der Waals surface area contributed by atoms with E-state index in [2.05, 4.69) is 56.7 Å². The summed E-state index contributed by atoms with van der Waals surface area (Å²) in [5.41, 5.74) is 3.46. The highest BCUT2D eigenvalue weighted by Gasteiger charge is 2.29. The van der Waals surface area contributed by atoms with E-state index in [1.54, 1.807) is 17.7 Å². The molecule has 4 aromatic rings. The smallest absolute Gasteiger partial charge is 0.197 e. The first-order valence-corrected chi connectivity index (χ1v) is 13.5. The lowest BCUT2D eigenvalue weighted by Gasteiger charge is -2.08. The Balaban J connectivity index is 1.45. The maximum atomic E-state index is 11.8. The van der Waals surface area contributed by atoms with Gasteiger partial charge >= 0.3 is 0 Å². The molecule has 0 amide bonds. The number of benzene rings is 1. The predicted octanol–water partition coefficient (Wildman–Crippen LogP) is 3.92. The normalized spacial score (nSPS) is 18.1. The van der Waals surface area contributed by atoms with Gasteiger partial charge in [-0.2, -0.15) is 0 Å². The first-order valence-electron chi connectivity index (χ1n) is 9.95. The number of nitrogens with zero attached hydrogens (tertiary/aromatic N) is 5. The summed E-state index contributed by atoms with van der Waals surface area (Å²) in [5, 5.41) is 13.4. The van der Waals surface area contributed by atoms with Crippen molar-refractivity contribution in [1.29, 1.82) is 0 Å². The second-order valence-electron chi connectivity index (χ2n) is 7.91. The standard InChI is InChI=1S/C21H21N5O2S3/c1-13-3-5-15(6-4-13)16-10-29-19-18(16)20(23-12-22-19)30-21-25-24-17(26(21)2)9-14-7-8-31(27,28)11-14/h3-6,10,12,14H,7-9,11H2,1-2H3. The molecule has 0 N–H and O–H groups in total. The first kappa shape index (κ1) is 20.6. The molecule has 1 aliphatic heterocycles. The molecule has 10 heteroatoms. The van der Waals surface area contributed by atoms with Crippen molar-refractivity contribution in [2.75, 3.05) is 11.5 Å². The van der Waals surface area contributed by atoms with Gasteiger partial charge in [-0.05, 0) is 36.6 Å². The molecule has 0 saturated carbocycles. The van der Waals surface area contributed by atoms with E-state index >= 15 is 0 Å². The van der Waals surface area contributed by atoms with Crippen molar-refractivity contribution in [3.63, 3.8) is 0 Å². The summed E-state index contributed by atoms with van der Waals surface area (Å²) >= 11 is 3.07. The van der Waals surface area contributed by atoms with Gasteiger partial charge < -0.3 is 4.57 Å². The number of hydrogen-bond acceptors (Lipinski definition) is 8. The molecule has 1 unspecified atom stereocenters. The van der Waals surface area contributed by atoms with Crippen LogP contribution in [0.2, 0.25) is 0 Å². The molecule has 0 aliphatic carbocycles. The van der Waals surface area contributed by atoms with Crippen LogP contribution in [0.1, 0.15) is 17.8 Å². The summed E-state index contributed by atoms with van der Waals surface area (Å²) in [6.07, 6.45) is 2.90. The lowest BCUT2D eigenvalue weighted by Crippen LogP contribution is -2.11. The van der Waals surface area contributed by atoms with Gasteiger partial charge in [0.2, 0.25) is 0 Å². The number of fused-ring (bicyclic) bond motifs is 1. The molecule has 1 aromatic carbocycles. The van der Waals surface area contributed by atoms with Crippen molar-refractivity contribution in [2.45, 2.75) is 29.9 Å². The van der Waals surface area contributed by atoms with E-state index in [1.165, 1.54) is 17.3 Å². The van der Waals surface area contributed by atoms with Crippen LogP contribution in [-0.2, 0) is 23.3 Å². The molecule has 7 nitrogen and oxygen atoms in total. The zero-order valence-electron chi connectivity index (χ0n) is 17.1. The number of thiophene rings is 1. The summed E-state index contributed by atoms with van der Waals surface area (Å²) in [6.45, 7) is 2.08. The monoisotopic (exact) mass is 471 g/mol. The molecule has 3 aromatic heterocycles. The third kappa shape index (κ3) is 4.11. The average molecular weight is 472 g/mol. The Morgan fingerprint density at radius 1 is 1.19 bits per heavy atom. The van der Waals surface area contributed by atoms with E-state index in [0.29, 0.717) is 12.8 Å². The fraction of sp³-hybridized carbons (Fsp3) is 0.333. The average Bonchev–Trinajstić information content (AvgIpc) is 3.42. The van der Waals surface area contributed by atoms with Gasteiger partial charge in [-0.25, -0.2) is 18.4 Å². The van der Waals surface area contributed by atoms with Crippen molar-refractivity contribution < 1.29 is 8.42 Å². The molecule has 160 valence electrons. The highest BCUT2D eigenvalue weighted by molar-refractivity contribution is 7.99.